The molecule has 0 aromatic rings. The minimum Gasteiger partial charge on any atom is -0.413 e. The van der Waals surface area contributed by atoms with E-state index in [1.54, 1.807) is 0 Å². The molecule has 0 N–H and O–H groups in total. The fourth-order valence-electron chi connectivity index (χ4n) is 8.31. The van der Waals surface area contributed by atoms with Crippen molar-refractivity contribution in [2.24, 2.45) is 0 Å². The maximum absolute atomic E-state index is 7.94. The number of hydrogen-bond acceptors (Lipinski definition) is 1. The molecule has 0 aliphatic heterocycles. The van der Waals surface area contributed by atoms with Gasteiger partial charge in [0.2, 0.25) is 8.32 Å². The lowest BCUT2D eigenvalue weighted by Crippen LogP contribution is -2.54. The molecule has 0 heterocycles. The van der Waals surface area contributed by atoms with E-state index in [2.05, 4.69) is 0 Å². The Balaban J connectivity index is 1.67. The fourth-order valence-corrected chi connectivity index (χ4v) is 15.6. The molecule has 0 bridgehead atoms. The smallest absolute Gasteiger partial charge is 0.202 e. The Morgan fingerprint density at radius 1 is 0.323 bits per heavy atom. The van der Waals surface area contributed by atoms with Crippen LogP contribution in [-0.4, -0.2) is 14.4 Å². The Morgan fingerprint density at radius 2 is 0.581 bits per heavy atom. The standard InChI is InChI=1S/C29H54OSi/c1-2-10-18-26(19-11-3-1)30-31(27-20-12-4-5-13-21-27,28-22-14-6-7-15-23-28)29-24-16-8-9-17-25-29/h26-29H,1-25H2. The first-order valence-electron chi connectivity index (χ1n) is 15.1. The van der Waals surface area contributed by atoms with Crippen molar-refractivity contribution < 1.29 is 4.43 Å². The van der Waals surface area contributed by atoms with Crippen molar-refractivity contribution in [3.05, 3.63) is 0 Å². The third-order valence-electron chi connectivity index (χ3n) is 9.90. The van der Waals surface area contributed by atoms with Crippen LogP contribution in [0.4, 0.5) is 0 Å². The minimum absolute atomic E-state index is 0.627. The number of hydrogen-bond donors (Lipinski definition) is 0. The Labute approximate surface area is 196 Å². The molecule has 1 nitrogen and oxygen atoms in total. The monoisotopic (exact) mass is 446 g/mol. The highest BCUT2D eigenvalue weighted by Gasteiger charge is 2.54. The lowest BCUT2D eigenvalue weighted by Gasteiger charge is -2.51. The molecule has 0 atom stereocenters. The lowest BCUT2D eigenvalue weighted by atomic mass is 9.99. The van der Waals surface area contributed by atoms with Crippen molar-refractivity contribution in [1.29, 1.82) is 0 Å². The van der Waals surface area contributed by atoms with Gasteiger partial charge in [0, 0.05) is 6.10 Å². The molecule has 0 spiro atoms. The van der Waals surface area contributed by atoms with E-state index in [1.165, 1.54) is 161 Å². The first-order chi connectivity index (χ1) is 15.4. The van der Waals surface area contributed by atoms with E-state index in [1.807, 2.05) is 0 Å². The molecular formula is C29H54OSi. The van der Waals surface area contributed by atoms with Crippen LogP contribution >= 0.6 is 0 Å². The van der Waals surface area contributed by atoms with E-state index < -0.39 is 8.32 Å². The van der Waals surface area contributed by atoms with Crippen LogP contribution in [0.1, 0.15) is 161 Å². The third-order valence-corrected chi connectivity index (χ3v) is 16.2. The molecule has 2 heteroatoms. The summed E-state index contributed by atoms with van der Waals surface area (Å²) in [5.41, 5.74) is 2.98. The molecule has 180 valence electrons. The van der Waals surface area contributed by atoms with Gasteiger partial charge in [-0.05, 0) is 29.5 Å². The van der Waals surface area contributed by atoms with Crippen LogP contribution in [0.15, 0.2) is 0 Å². The molecular weight excluding hydrogens is 392 g/mol. The summed E-state index contributed by atoms with van der Waals surface area (Å²) in [6.45, 7) is 0. The molecule has 4 aliphatic rings. The van der Waals surface area contributed by atoms with Crippen LogP contribution in [0.3, 0.4) is 0 Å². The Morgan fingerprint density at radius 3 is 0.903 bits per heavy atom. The maximum Gasteiger partial charge on any atom is 0.202 e. The Hall–Kier alpha value is 0.177. The molecule has 0 saturated heterocycles. The summed E-state index contributed by atoms with van der Waals surface area (Å²) in [5, 5.41) is 0. The van der Waals surface area contributed by atoms with Gasteiger partial charge >= 0.3 is 0 Å². The van der Waals surface area contributed by atoms with Gasteiger partial charge < -0.3 is 4.43 Å². The highest BCUT2D eigenvalue weighted by Crippen LogP contribution is 2.57. The quantitative estimate of drug-likeness (QED) is 0.301. The molecule has 4 aliphatic carbocycles. The van der Waals surface area contributed by atoms with Gasteiger partial charge in [-0.3, -0.25) is 0 Å². The van der Waals surface area contributed by atoms with Crippen molar-refractivity contribution >= 4 is 8.32 Å². The van der Waals surface area contributed by atoms with Gasteiger partial charge in [0.1, 0.15) is 0 Å². The summed E-state index contributed by atoms with van der Waals surface area (Å²) in [7, 11) is -1.82. The number of rotatable bonds is 5. The maximum atomic E-state index is 7.94. The van der Waals surface area contributed by atoms with Gasteiger partial charge in [-0.15, -0.1) is 0 Å². The topological polar surface area (TPSA) is 9.23 Å². The summed E-state index contributed by atoms with van der Waals surface area (Å²) in [6.07, 6.45) is 37.9. The average molecular weight is 447 g/mol. The summed E-state index contributed by atoms with van der Waals surface area (Å²) in [4.78, 5) is 0. The normalized spacial score (nSPS) is 28.3. The van der Waals surface area contributed by atoms with Crippen molar-refractivity contribution in [2.75, 3.05) is 0 Å². The molecule has 4 fully saturated rings. The van der Waals surface area contributed by atoms with Gasteiger partial charge in [0.25, 0.3) is 0 Å². The molecule has 0 aromatic carbocycles. The zero-order chi connectivity index (χ0) is 21.2. The molecule has 4 rings (SSSR count). The molecule has 0 unspecified atom stereocenters. The van der Waals surface area contributed by atoms with Gasteiger partial charge in [-0.1, -0.05) is 148 Å². The van der Waals surface area contributed by atoms with Crippen molar-refractivity contribution in [3.8, 4) is 0 Å². The second kappa shape index (κ2) is 13.2. The summed E-state index contributed by atoms with van der Waals surface area (Å²) in [5.74, 6) is 0. The molecule has 0 aromatic heterocycles. The third kappa shape index (κ3) is 6.62. The summed E-state index contributed by atoms with van der Waals surface area (Å²) in [6, 6.07) is 0. The SMILES string of the molecule is C1CCCC(O[Si](C2CCCCCC2)(C2CCCCCC2)C2CCCCCC2)CCC1. The van der Waals surface area contributed by atoms with Crippen LogP contribution in [0.5, 0.6) is 0 Å². The van der Waals surface area contributed by atoms with E-state index in [4.69, 9.17) is 4.43 Å². The minimum atomic E-state index is -1.82. The zero-order valence-corrected chi connectivity index (χ0v) is 21.9. The highest BCUT2D eigenvalue weighted by atomic mass is 28.4. The second-order valence-electron chi connectivity index (χ2n) is 12.0. The van der Waals surface area contributed by atoms with Gasteiger partial charge in [0.05, 0.1) is 0 Å². The van der Waals surface area contributed by atoms with Crippen LogP contribution in [0.2, 0.25) is 16.6 Å². The molecule has 31 heavy (non-hydrogen) atoms. The van der Waals surface area contributed by atoms with Crippen molar-refractivity contribution in [2.45, 2.75) is 183 Å². The first-order valence-corrected chi connectivity index (χ1v) is 17.2. The average Bonchev–Trinajstić information content (AvgIpc) is 3.30. The van der Waals surface area contributed by atoms with Gasteiger partial charge in [0.15, 0.2) is 0 Å². The van der Waals surface area contributed by atoms with Gasteiger partial charge in [-0.25, -0.2) is 0 Å². The summed E-state index contributed by atoms with van der Waals surface area (Å²) < 4.78 is 7.94. The fraction of sp³-hybridized carbons (Fsp3) is 1.00. The predicted molar refractivity (Wildman–Crippen MR) is 137 cm³/mol. The van der Waals surface area contributed by atoms with E-state index in [0.717, 1.165) is 16.6 Å². The van der Waals surface area contributed by atoms with Crippen molar-refractivity contribution in [3.63, 3.8) is 0 Å². The summed E-state index contributed by atoms with van der Waals surface area (Å²) >= 11 is 0. The van der Waals surface area contributed by atoms with Gasteiger partial charge in [-0.2, -0.15) is 0 Å². The van der Waals surface area contributed by atoms with E-state index in [0.29, 0.717) is 6.10 Å². The van der Waals surface area contributed by atoms with Crippen LogP contribution in [-0.2, 0) is 4.43 Å². The zero-order valence-electron chi connectivity index (χ0n) is 20.9. The highest BCUT2D eigenvalue weighted by molar-refractivity contribution is 6.78. The predicted octanol–water partition coefficient (Wildman–Crippen LogP) is 10.2. The molecule has 0 amide bonds. The van der Waals surface area contributed by atoms with Crippen molar-refractivity contribution in [1.82, 2.24) is 0 Å². The molecule has 0 radical (unpaired) electrons. The molecule has 4 saturated carbocycles. The lowest BCUT2D eigenvalue weighted by molar-refractivity contribution is 0.134. The largest absolute Gasteiger partial charge is 0.413 e. The second-order valence-corrected chi connectivity index (χ2v) is 16.4. The van der Waals surface area contributed by atoms with E-state index in [-0.39, 0.29) is 0 Å². The Kier molecular flexibility index (Phi) is 10.3. The van der Waals surface area contributed by atoms with Crippen LogP contribution in [0.25, 0.3) is 0 Å². The first kappa shape index (κ1) is 24.3. The van der Waals surface area contributed by atoms with Crippen LogP contribution in [0, 0.1) is 0 Å². The van der Waals surface area contributed by atoms with E-state index >= 15 is 0 Å². The van der Waals surface area contributed by atoms with Crippen LogP contribution < -0.4 is 0 Å². The van der Waals surface area contributed by atoms with E-state index in [9.17, 15) is 0 Å². The Bertz CT molecular complexity index is 409.